The average molecular weight is 380 g/mol. The Morgan fingerprint density at radius 3 is 2.67 bits per heavy atom. The molecule has 0 saturated carbocycles. The highest BCUT2D eigenvalue weighted by molar-refractivity contribution is 7.09. The molecule has 0 aliphatic heterocycles. The molecule has 0 radical (unpaired) electrons. The molecular formula is C20H17FN4OS. The van der Waals surface area contributed by atoms with Crippen molar-refractivity contribution in [3.8, 4) is 17.1 Å². The first-order valence-corrected chi connectivity index (χ1v) is 9.33. The van der Waals surface area contributed by atoms with Gasteiger partial charge in [0.05, 0.1) is 17.1 Å². The number of hydrogen-bond donors (Lipinski definition) is 2. The summed E-state index contributed by atoms with van der Waals surface area (Å²) in [4.78, 5) is 13.6. The highest BCUT2D eigenvalue weighted by atomic mass is 32.1. The largest absolute Gasteiger partial charge is 0.507 e. The molecule has 27 heavy (non-hydrogen) atoms. The van der Waals surface area contributed by atoms with Gasteiger partial charge in [-0.1, -0.05) is 12.1 Å². The fraction of sp³-hybridized carbons (Fsp3) is 0.150. The minimum atomic E-state index is -0.359. The molecule has 2 aromatic carbocycles. The van der Waals surface area contributed by atoms with Crippen molar-refractivity contribution in [3.05, 3.63) is 64.4 Å². The Labute approximate surface area is 159 Å². The molecule has 4 aromatic rings. The van der Waals surface area contributed by atoms with Crippen LogP contribution in [-0.2, 0) is 0 Å². The summed E-state index contributed by atoms with van der Waals surface area (Å²) in [5.74, 6) is 0.603. The number of halogens is 1. The summed E-state index contributed by atoms with van der Waals surface area (Å²) in [6.45, 7) is 3.92. The van der Waals surface area contributed by atoms with Crippen molar-refractivity contribution in [2.45, 2.75) is 19.9 Å². The Morgan fingerprint density at radius 1 is 1.11 bits per heavy atom. The van der Waals surface area contributed by atoms with Crippen LogP contribution in [0.3, 0.4) is 0 Å². The Morgan fingerprint density at radius 2 is 1.93 bits per heavy atom. The van der Waals surface area contributed by atoms with Crippen LogP contribution in [0.15, 0.2) is 47.8 Å². The van der Waals surface area contributed by atoms with Gasteiger partial charge < -0.3 is 10.4 Å². The number of aryl methyl sites for hydroxylation is 1. The number of aromatic nitrogens is 3. The first-order valence-electron chi connectivity index (χ1n) is 8.45. The lowest BCUT2D eigenvalue weighted by atomic mass is 10.1. The third-order valence-corrected chi connectivity index (χ3v) is 5.31. The first-order chi connectivity index (χ1) is 13.0. The molecule has 136 valence electrons. The molecule has 1 unspecified atom stereocenters. The van der Waals surface area contributed by atoms with Gasteiger partial charge in [0.15, 0.2) is 5.82 Å². The van der Waals surface area contributed by atoms with Crippen LogP contribution in [0.1, 0.15) is 23.7 Å². The summed E-state index contributed by atoms with van der Waals surface area (Å²) in [7, 11) is 0. The number of para-hydroxylation sites is 1. The van der Waals surface area contributed by atoms with E-state index in [1.54, 1.807) is 41.7 Å². The Hall–Kier alpha value is -3.06. The molecule has 0 aliphatic rings. The number of rotatable bonds is 4. The zero-order valence-electron chi connectivity index (χ0n) is 14.8. The molecule has 0 aliphatic carbocycles. The molecule has 2 N–H and O–H groups in total. The molecule has 0 spiro atoms. The fourth-order valence-corrected chi connectivity index (χ4v) is 3.64. The van der Waals surface area contributed by atoms with E-state index in [2.05, 4.69) is 20.3 Å². The zero-order valence-corrected chi connectivity index (χ0v) is 15.6. The van der Waals surface area contributed by atoms with Gasteiger partial charge in [-0.3, -0.25) is 0 Å². The van der Waals surface area contributed by atoms with E-state index in [1.165, 1.54) is 12.1 Å². The number of benzene rings is 2. The van der Waals surface area contributed by atoms with E-state index in [0.29, 0.717) is 28.1 Å². The zero-order chi connectivity index (χ0) is 19.0. The average Bonchev–Trinajstić information content (AvgIpc) is 3.09. The van der Waals surface area contributed by atoms with Crippen LogP contribution in [-0.4, -0.2) is 20.1 Å². The molecule has 0 bridgehead atoms. The maximum absolute atomic E-state index is 13.8. The molecule has 0 amide bonds. The molecule has 4 rings (SSSR count). The van der Waals surface area contributed by atoms with Crippen molar-refractivity contribution in [3.63, 3.8) is 0 Å². The monoisotopic (exact) mass is 380 g/mol. The van der Waals surface area contributed by atoms with E-state index in [4.69, 9.17) is 0 Å². The number of phenolic OH excluding ortho intramolecular Hbond substituents is 1. The second-order valence-corrected chi connectivity index (χ2v) is 7.16. The lowest BCUT2D eigenvalue weighted by Gasteiger charge is -2.15. The van der Waals surface area contributed by atoms with Crippen LogP contribution in [0.5, 0.6) is 5.75 Å². The van der Waals surface area contributed by atoms with Gasteiger partial charge in [0.2, 0.25) is 0 Å². The molecule has 0 saturated heterocycles. The summed E-state index contributed by atoms with van der Waals surface area (Å²) >= 11 is 1.56. The maximum atomic E-state index is 13.8. The number of phenols is 1. The van der Waals surface area contributed by atoms with E-state index in [-0.39, 0.29) is 17.6 Å². The van der Waals surface area contributed by atoms with E-state index in [0.717, 1.165) is 10.7 Å². The van der Waals surface area contributed by atoms with Crippen molar-refractivity contribution in [1.82, 2.24) is 15.0 Å². The second kappa shape index (κ2) is 6.92. The molecule has 0 fully saturated rings. The minimum Gasteiger partial charge on any atom is -0.507 e. The highest BCUT2D eigenvalue weighted by Crippen LogP contribution is 2.32. The SMILES string of the molecule is Cc1csc(C(C)Nc2nc(-c3ccccc3O)nc3ccc(F)cc23)n1. The second-order valence-electron chi connectivity index (χ2n) is 6.27. The third kappa shape index (κ3) is 3.46. The van der Waals surface area contributed by atoms with Crippen molar-refractivity contribution in [2.75, 3.05) is 5.32 Å². The molecule has 7 heteroatoms. The van der Waals surface area contributed by atoms with E-state index < -0.39 is 0 Å². The number of fused-ring (bicyclic) bond motifs is 1. The van der Waals surface area contributed by atoms with Crippen molar-refractivity contribution in [2.24, 2.45) is 0 Å². The number of thiazole rings is 1. The lowest BCUT2D eigenvalue weighted by Crippen LogP contribution is -2.09. The van der Waals surface area contributed by atoms with Gasteiger partial charge in [0, 0.05) is 16.5 Å². The minimum absolute atomic E-state index is 0.0912. The number of aromatic hydroxyl groups is 1. The van der Waals surface area contributed by atoms with Crippen LogP contribution < -0.4 is 5.32 Å². The Bertz CT molecular complexity index is 1130. The quantitative estimate of drug-likeness (QED) is 0.517. The van der Waals surface area contributed by atoms with Crippen molar-refractivity contribution in [1.29, 1.82) is 0 Å². The first kappa shape index (κ1) is 17.4. The molecule has 5 nitrogen and oxygen atoms in total. The van der Waals surface area contributed by atoms with Crippen LogP contribution in [0.4, 0.5) is 10.2 Å². The van der Waals surface area contributed by atoms with E-state index in [9.17, 15) is 9.50 Å². The summed E-state index contributed by atoms with van der Waals surface area (Å²) < 4.78 is 13.8. The summed E-state index contributed by atoms with van der Waals surface area (Å²) in [5, 5.41) is 17.0. The maximum Gasteiger partial charge on any atom is 0.165 e. The number of hydrogen-bond acceptors (Lipinski definition) is 6. The smallest absolute Gasteiger partial charge is 0.165 e. The molecule has 2 aromatic heterocycles. The topological polar surface area (TPSA) is 70.9 Å². The molecule has 1 atom stereocenters. The lowest BCUT2D eigenvalue weighted by molar-refractivity contribution is 0.477. The standard InChI is InChI=1S/C20H17FN4OS/c1-11-10-27-20(22-11)12(2)23-19-15-9-13(21)7-8-16(15)24-18(25-19)14-5-3-4-6-17(14)26/h3-10,12,26H,1-2H3,(H,23,24,25). The van der Waals surface area contributed by atoms with E-state index >= 15 is 0 Å². The predicted octanol–water partition coefficient (Wildman–Crippen LogP) is 5.08. The van der Waals surface area contributed by atoms with Gasteiger partial charge in [-0.15, -0.1) is 11.3 Å². The van der Waals surface area contributed by atoms with Gasteiger partial charge in [0.1, 0.15) is 22.4 Å². The van der Waals surface area contributed by atoms with Gasteiger partial charge in [-0.2, -0.15) is 0 Å². The summed E-state index contributed by atoms with van der Waals surface area (Å²) in [6, 6.07) is 11.1. The van der Waals surface area contributed by atoms with Crippen molar-refractivity contribution >= 4 is 28.1 Å². The van der Waals surface area contributed by atoms with Crippen LogP contribution >= 0.6 is 11.3 Å². The van der Waals surface area contributed by atoms with Gasteiger partial charge in [-0.25, -0.2) is 19.3 Å². The summed E-state index contributed by atoms with van der Waals surface area (Å²) in [5.41, 5.74) is 2.07. The third-order valence-electron chi connectivity index (χ3n) is 4.16. The number of anilines is 1. The van der Waals surface area contributed by atoms with Gasteiger partial charge in [-0.05, 0) is 44.2 Å². The van der Waals surface area contributed by atoms with Gasteiger partial charge in [0.25, 0.3) is 0 Å². The normalized spacial score (nSPS) is 12.3. The predicted molar refractivity (Wildman–Crippen MR) is 105 cm³/mol. The molecule has 2 heterocycles. The van der Waals surface area contributed by atoms with Gasteiger partial charge >= 0.3 is 0 Å². The highest BCUT2D eigenvalue weighted by Gasteiger charge is 2.16. The summed E-state index contributed by atoms with van der Waals surface area (Å²) in [6.07, 6.45) is 0. The van der Waals surface area contributed by atoms with Crippen molar-refractivity contribution < 1.29 is 9.50 Å². The Kier molecular flexibility index (Phi) is 4.45. The molecular weight excluding hydrogens is 363 g/mol. The number of nitrogens with zero attached hydrogens (tertiary/aromatic N) is 3. The fourth-order valence-electron chi connectivity index (χ4n) is 2.83. The number of nitrogens with one attached hydrogen (secondary N) is 1. The van der Waals surface area contributed by atoms with Crippen LogP contribution in [0, 0.1) is 12.7 Å². The Balaban J connectivity index is 1.84. The van der Waals surface area contributed by atoms with E-state index in [1.807, 2.05) is 19.2 Å². The van der Waals surface area contributed by atoms with Crippen LogP contribution in [0.25, 0.3) is 22.3 Å². The van der Waals surface area contributed by atoms with Crippen LogP contribution in [0.2, 0.25) is 0 Å².